The van der Waals surface area contributed by atoms with Crippen LogP contribution in [0.5, 0.6) is 0 Å². The molecule has 4 atom stereocenters. The minimum atomic E-state index is -1.35. The van der Waals surface area contributed by atoms with Crippen molar-refractivity contribution < 1.29 is 33.8 Å². The first-order chi connectivity index (χ1) is 28.4. The van der Waals surface area contributed by atoms with Gasteiger partial charge in [-0.25, -0.2) is 4.79 Å². The lowest BCUT2D eigenvalue weighted by Crippen LogP contribution is -2.54. The molecular formula is C45H55N7O7. The minimum absolute atomic E-state index is 0.0122. The first-order valence-corrected chi connectivity index (χ1v) is 20.0. The number of carbonyl (C=O) groups excluding carboxylic acids is 5. The average molecular weight is 806 g/mol. The van der Waals surface area contributed by atoms with Gasteiger partial charge in [0, 0.05) is 30.1 Å². The van der Waals surface area contributed by atoms with Crippen LogP contribution in [0.15, 0.2) is 115 Å². The monoisotopic (exact) mass is 805 g/mol. The van der Waals surface area contributed by atoms with Gasteiger partial charge in [0.15, 0.2) is 0 Å². The number of amides is 5. The van der Waals surface area contributed by atoms with Crippen LogP contribution in [-0.2, 0) is 36.9 Å². The normalized spacial score (nSPS) is 14.5. The van der Waals surface area contributed by atoms with Crippen LogP contribution in [0, 0.1) is 5.92 Å². The van der Waals surface area contributed by atoms with Crippen LogP contribution in [0.2, 0.25) is 0 Å². The summed E-state index contributed by atoms with van der Waals surface area (Å²) in [7, 11) is 0. The smallest absolute Gasteiger partial charge is 0.408 e. The number of nitrogens with zero attached hydrogens (tertiary/aromatic N) is 2. The van der Waals surface area contributed by atoms with Crippen molar-refractivity contribution in [2.75, 3.05) is 11.6 Å². The molecule has 0 bridgehead atoms. The van der Waals surface area contributed by atoms with Gasteiger partial charge in [-0.15, -0.1) is 0 Å². The Hall–Kier alpha value is -6.25. The van der Waals surface area contributed by atoms with E-state index in [0.717, 1.165) is 27.6 Å². The van der Waals surface area contributed by atoms with Crippen molar-refractivity contribution in [3.63, 3.8) is 0 Å². The summed E-state index contributed by atoms with van der Waals surface area (Å²) in [6, 6.07) is 29.5. The number of aliphatic hydroxyl groups excluding tert-OH is 1. The van der Waals surface area contributed by atoms with E-state index >= 15 is 0 Å². The Morgan fingerprint density at radius 3 is 2.14 bits per heavy atom. The summed E-state index contributed by atoms with van der Waals surface area (Å²) in [6.45, 7) is 5.49. The number of benzene rings is 4. The van der Waals surface area contributed by atoms with Crippen molar-refractivity contribution in [1.29, 1.82) is 0 Å². The second-order valence-corrected chi connectivity index (χ2v) is 15.2. The van der Waals surface area contributed by atoms with Crippen LogP contribution in [0.4, 0.5) is 10.5 Å². The van der Waals surface area contributed by atoms with E-state index in [-0.39, 0.29) is 43.8 Å². The molecule has 312 valence electrons. The average Bonchev–Trinajstić information content (AvgIpc) is 3.65. The van der Waals surface area contributed by atoms with E-state index in [9.17, 15) is 29.1 Å². The van der Waals surface area contributed by atoms with Gasteiger partial charge in [-0.05, 0) is 54.7 Å². The Labute approximate surface area is 345 Å². The third-order valence-electron chi connectivity index (χ3n) is 9.88. The van der Waals surface area contributed by atoms with Crippen molar-refractivity contribution in [3.05, 3.63) is 126 Å². The van der Waals surface area contributed by atoms with Crippen LogP contribution >= 0.6 is 0 Å². The predicted octanol–water partition coefficient (Wildman–Crippen LogP) is 4.77. The molecular weight excluding hydrogens is 751 g/mol. The second kappa shape index (κ2) is 21.5. The summed E-state index contributed by atoms with van der Waals surface area (Å²) >= 11 is 0. The van der Waals surface area contributed by atoms with Crippen molar-refractivity contribution >= 4 is 46.2 Å². The summed E-state index contributed by atoms with van der Waals surface area (Å²) in [5.74, 6) is -2.00. The van der Waals surface area contributed by atoms with Crippen LogP contribution in [0.1, 0.15) is 64.0 Å². The molecule has 0 radical (unpaired) electrons. The summed E-state index contributed by atoms with van der Waals surface area (Å²) in [5.41, 5.74) is 13.9. The highest BCUT2D eigenvalue weighted by Crippen LogP contribution is 2.34. The number of hydrazine groups is 1. The molecule has 5 rings (SSSR count). The van der Waals surface area contributed by atoms with Gasteiger partial charge in [0.25, 0.3) is 0 Å². The summed E-state index contributed by atoms with van der Waals surface area (Å²) < 4.78 is 5.51. The number of aliphatic hydroxyl groups is 1. The molecule has 1 aliphatic heterocycles. The van der Waals surface area contributed by atoms with Crippen LogP contribution in [-0.4, -0.2) is 70.6 Å². The van der Waals surface area contributed by atoms with E-state index in [4.69, 9.17) is 10.5 Å². The lowest BCUT2D eigenvalue weighted by molar-refractivity contribution is -0.131. The van der Waals surface area contributed by atoms with Crippen molar-refractivity contribution in [1.82, 2.24) is 26.4 Å². The zero-order valence-electron chi connectivity index (χ0n) is 33.8. The van der Waals surface area contributed by atoms with E-state index in [1.165, 1.54) is 4.90 Å². The molecule has 0 aromatic heterocycles. The van der Waals surface area contributed by atoms with E-state index in [1.54, 1.807) is 25.3 Å². The number of rotatable bonds is 18. The van der Waals surface area contributed by atoms with Crippen LogP contribution in [0.25, 0.3) is 10.8 Å². The predicted molar refractivity (Wildman–Crippen MR) is 226 cm³/mol. The van der Waals surface area contributed by atoms with Gasteiger partial charge in [-0.2, -0.15) is 0 Å². The van der Waals surface area contributed by atoms with Crippen LogP contribution < -0.4 is 32.1 Å². The van der Waals surface area contributed by atoms with Gasteiger partial charge in [0.2, 0.25) is 23.6 Å². The number of hydrogen-bond acceptors (Lipinski definition) is 9. The number of fused-ring (bicyclic) bond motifs is 1. The zero-order chi connectivity index (χ0) is 42.3. The summed E-state index contributed by atoms with van der Waals surface area (Å²) in [6.07, 6.45) is 0.698. The van der Waals surface area contributed by atoms with Gasteiger partial charge in [0.1, 0.15) is 19.3 Å². The number of hydrogen-bond donors (Lipinski definition) is 6. The van der Waals surface area contributed by atoms with Crippen molar-refractivity contribution in [3.8, 4) is 0 Å². The molecule has 7 N–H and O–H groups in total. The molecule has 1 heterocycles. The quantitative estimate of drug-likeness (QED) is 0.0768. The number of ether oxygens (including phenoxy) is 1. The fourth-order valence-corrected chi connectivity index (χ4v) is 6.88. The molecule has 0 fully saturated rings. The molecule has 0 aliphatic carbocycles. The van der Waals surface area contributed by atoms with E-state index in [0.29, 0.717) is 25.0 Å². The van der Waals surface area contributed by atoms with E-state index in [1.807, 2.05) is 110 Å². The largest absolute Gasteiger partial charge is 0.445 e. The van der Waals surface area contributed by atoms with E-state index < -0.39 is 48.6 Å². The van der Waals surface area contributed by atoms with Gasteiger partial charge in [0.05, 0.1) is 30.3 Å². The standard InChI is InChI=1S/C45H55N7O7/c1-30(2)24-37(40(53)26-42(55)50-49-41(54)23-12-18-32-14-6-4-7-15-32)47-43(56)38(48-45(58)59-28-33-16-8-5-9-17-33)25-35-27-51(44(57)31(3)46)29-52(35)39-22-13-20-34-19-10-11-21-36(34)39/h4-11,13-17,19-22,27,30-31,37-38,40,53H,12,18,23-26,28-29,46H2,1-3H3,(H,47,56)(H,48,58)(H,49,54)(H,50,55)/t31-,37-,38-,40-/m0/s1. The molecule has 0 saturated carbocycles. The minimum Gasteiger partial charge on any atom is -0.445 e. The number of anilines is 1. The fourth-order valence-electron chi connectivity index (χ4n) is 6.88. The molecule has 0 spiro atoms. The Balaban J connectivity index is 1.32. The van der Waals surface area contributed by atoms with Gasteiger partial charge < -0.3 is 31.1 Å². The molecule has 14 nitrogen and oxygen atoms in total. The molecule has 0 unspecified atom stereocenters. The number of aryl methyl sites for hydroxylation is 1. The molecule has 14 heteroatoms. The molecule has 4 aromatic rings. The third kappa shape index (κ3) is 13.1. The number of nitrogens with two attached hydrogens (primary N) is 1. The van der Waals surface area contributed by atoms with Gasteiger partial charge in [-0.3, -0.25) is 34.9 Å². The number of nitrogens with one attached hydrogen (secondary N) is 4. The number of carbonyl (C=O) groups is 5. The highest BCUT2D eigenvalue weighted by Gasteiger charge is 2.34. The van der Waals surface area contributed by atoms with E-state index in [2.05, 4.69) is 21.5 Å². The van der Waals surface area contributed by atoms with Crippen molar-refractivity contribution in [2.45, 2.75) is 90.1 Å². The maximum absolute atomic E-state index is 14.3. The summed E-state index contributed by atoms with van der Waals surface area (Å²) in [4.78, 5) is 69.6. The SMILES string of the molecule is CC(C)C[C@H](NC(=O)[C@H](CC1=CN(C(=O)[C@H](C)N)CN1c1cccc2ccccc12)NC(=O)OCc1ccccc1)[C@@H](O)CC(=O)NNC(=O)CCCc1ccccc1. The molecule has 59 heavy (non-hydrogen) atoms. The van der Waals surface area contributed by atoms with Gasteiger partial charge >= 0.3 is 6.09 Å². The molecule has 1 aliphatic rings. The Morgan fingerprint density at radius 2 is 1.44 bits per heavy atom. The lowest BCUT2D eigenvalue weighted by Gasteiger charge is -2.30. The highest BCUT2D eigenvalue weighted by atomic mass is 16.5. The second-order valence-electron chi connectivity index (χ2n) is 15.2. The Kier molecular flexibility index (Phi) is 16.0. The zero-order valence-corrected chi connectivity index (χ0v) is 33.8. The first kappa shape index (κ1) is 43.9. The lowest BCUT2D eigenvalue weighted by atomic mass is 9.96. The number of alkyl carbamates (subject to hydrolysis) is 1. The van der Waals surface area contributed by atoms with Gasteiger partial charge in [-0.1, -0.05) is 111 Å². The van der Waals surface area contributed by atoms with Crippen molar-refractivity contribution in [2.24, 2.45) is 11.7 Å². The van der Waals surface area contributed by atoms with Crippen LogP contribution in [0.3, 0.4) is 0 Å². The highest BCUT2D eigenvalue weighted by molar-refractivity contribution is 5.96. The molecule has 4 aromatic carbocycles. The molecule has 5 amide bonds. The third-order valence-corrected chi connectivity index (χ3v) is 9.88. The summed E-state index contributed by atoms with van der Waals surface area (Å²) in [5, 5.41) is 18.8. The maximum Gasteiger partial charge on any atom is 0.408 e. The fraction of sp³-hybridized carbons (Fsp3) is 0.356. The topological polar surface area (TPSA) is 195 Å². The maximum atomic E-state index is 14.3. The first-order valence-electron chi connectivity index (χ1n) is 20.0. The Morgan fingerprint density at radius 1 is 0.797 bits per heavy atom. The Bertz CT molecular complexity index is 2070. The molecule has 0 saturated heterocycles.